The standard InChI is InChI=1S/C7H7FN2O4S/c1-4-2-5(8)7(15(9,13)14)3-6(4)10(11)12/h2-3H,1H3,(H2,9,13,14). The quantitative estimate of drug-likeness (QED) is 0.600. The molecule has 0 aliphatic carbocycles. The number of hydrogen-bond acceptors (Lipinski definition) is 4. The first-order chi connectivity index (χ1) is 6.73. The van der Waals surface area contributed by atoms with Gasteiger partial charge in [0.25, 0.3) is 5.69 Å². The summed E-state index contributed by atoms with van der Waals surface area (Å²) in [6, 6.07) is 1.37. The van der Waals surface area contributed by atoms with Crippen molar-refractivity contribution >= 4 is 15.7 Å². The Kier molecular flexibility index (Phi) is 2.73. The molecule has 1 aromatic carbocycles. The summed E-state index contributed by atoms with van der Waals surface area (Å²) < 4.78 is 34.8. The smallest absolute Gasteiger partial charge is 0.258 e. The fourth-order valence-electron chi connectivity index (χ4n) is 1.06. The Morgan fingerprint density at radius 3 is 2.40 bits per heavy atom. The lowest BCUT2D eigenvalue weighted by Gasteiger charge is -2.02. The van der Waals surface area contributed by atoms with E-state index in [-0.39, 0.29) is 5.56 Å². The fraction of sp³-hybridized carbons (Fsp3) is 0.143. The van der Waals surface area contributed by atoms with Crippen LogP contribution in [0.5, 0.6) is 0 Å². The molecule has 0 radical (unpaired) electrons. The first-order valence-corrected chi connectivity index (χ1v) is 5.25. The van der Waals surface area contributed by atoms with Gasteiger partial charge in [0.15, 0.2) is 0 Å². The van der Waals surface area contributed by atoms with Crippen LogP contribution in [0.1, 0.15) is 5.56 Å². The Morgan fingerprint density at radius 2 is 2.00 bits per heavy atom. The summed E-state index contributed by atoms with van der Waals surface area (Å²) in [7, 11) is -4.29. The molecule has 1 rings (SSSR count). The number of nitrogens with two attached hydrogens (primary N) is 1. The molecular weight excluding hydrogens is 227 g/mol. The third kappa shape index (κ3) is 2.28. The zero-order chi connectivity index (χ0) is 11.8. The predicted octanol–water partition coefficient (Wildman–Crippen LogP) is 0.690. The minimum atomic E-state index is -4.29. The second-order valence-corrected chi connectivity index (χ2v) is 4.40. The van der Waals surface area contributed by atoms with E-state index in [0.29, 0.717) is 6.07 Å². The fourth-order valence-corrected chi connectivity index (χ4v) is 1.66. The monoisotopic (exact) mass is 234 g/mol. The highest BCUT2D eigenvalue weighted by Gasteiger charge is 2.21. The zero-order valence-electron chi connectivity index (χ0n) is 7.60. The summed E-state index contributed by atoms with van der Waals surface area (Å²) in [6.45, 7) is 1.30. The lowest BCUT2D eigenvalue weighted by molar-refractivity contribution is -0.385. The molecule has 0 fully saturated rings. The van der Waals surface area contributed by atoms with Gasteiger partial charge >= 0.3 is 0 Å². The van der Waals surface area contributed by atoms with E-state index in [1.165, 1.54) is 6.92 Å². The van der Waals surface area contributed by atoms with Crippen LogP contribution in [0.2, 0.25) is 0 Å². The van der Waals surface area contributed by atoms with Crippen molar-refractivity contribution < 1.29 is 17.7 Å². The average molecular weight is 234 g/mol. The molecule has 0 unspecified atom stereocenters. The lowest BCUT2D eigenvalue weighted by atomic mass is 10.2. The second kappa shape index (κ2) is 3.55. The molecule has 0 atom stereocenters. The van der Waals surface area contributed by atoms with Crippen LogP contribution in [0.3, 0.4) is 0 Å². The van der Waals surface area contributed by atoms with Gasteiger partial charge in [-0.25, -0.2) is 17.9 Å². The van der Waals surface area contributed by atoms with Crippen LogP contribution in [0.4, 0.5) is 10.1 Å². The molecule has 0 aliphatic heterocycles. The van der Waals surface area contributed by atoms with Crippen molar-refractivity contribution in [2.45, 2.75) is 11.8 Å². The van der Waals surface area contributed by atoms with Crippen molar-refractivity contribution in [1.82, 2.24) is 0 Å². The van der Waals surface area contributed by atoms with Gasteiger partial charge in [-0.05, 0) is 13.0 Å². The van der Waals surface area contributed by atoms with E-state index in [1.807, 2.05) is 0 Å². The molecule has 0 amide bonds. The van der Waals surface area contributed by atoms with Gasteiger partial charge in [0.05, 0.1) is 4.92 Å². The molecule has 1 aromatic rings. The van der Waals surface area contributed by atoms with Crippen LogP contribution in [-0.4, -0.2) is 13.3 Å². The second-order valence-electron chi connectivity index (χ2n) is 2.87. The third-order valence-electron chi connectivity index (χ3n) is 1.75. The highest BCUT2D eigenvalue weighted by Crippen LogP contribution is 2.24. The van der Waals surface area contributed by atoms with E-state index in [0.717, 1.165) is 6.07 Å². The molecule has 0 heterocycles. The number of sulfonamides is 1. The topological polar surface area (TPSA) is 103 Å². The molecular formula is C7H7FN2O4S. The van der Waals surface area contributed by atoms with Gasteiger partial charge in [-0.1, -0.05) is 0 Å². The lowest BCUT2D eigenvalue weighted by Crippen LogP contribution is -2.14. The number of primary sulfonamides is 1. The maximum absolute atomic E-state index is 13.1. The molecule has 6 nitrogen and oxygen atoms in total. The number of nitrogens with zero attached hydrogens (tertiary/aromatic N) is 1. The van der Waals surface area contributed by atoms with Gasteiger partial charge in [0.1, 0.15) is 10.7 Å². The number of rotatable bonds is 2. The summed E-state index contributed by atoms with van der Waals surface area (Å²) in [4.78, 5) is 8.78. The van der Waals surface area contributed by atoms with Crippen molar-refractivity contribution in [2.24, 2.45) is 5.14 Å². The zero-order valence-corrected chi connectivity index (χ0v) is 8.41. The summed E-state index contributed by atoms with van der Waals surface area (Å²) >= 11 is 0. The molecule has 0 saturated heterocycles. The van der Waals surface area contributed by atoms with Gasteiger partial charge < -0.3 is 0 Å². The molecule has 0 spiro atoms. The van der Waals surface area contributed by atoms with Crippen molar-refractivity contribution in [1.29, 1.82) is 0 Å². The van der Waals surface area contributed by atoms with Crippen LogP contribution in [0.25, 0.3) is 0 Å². The number of aryl methyl sites for hydroxylation is 1. The number of halogens is 1. The summed E-state index contributed by atoms with van der Waals surface area (Å²) in [5.74, 6) is -1.10. The highest BCUT2D eigenvalue weighted by molar-refractivity contribution is 7.89. The number of benzene rings is 1. The van der Waals surface area contributed by atoms with Crippen LogP contribution in [-0.2, 0) is 10.0 Å². The molecule has 0 saturated carbocycles. The van der Waals surface area contributed by atoms with E-state index >= 15 is 0 Å². The highest BCUT2D eigenvalue weighted by atomic mass is 32.2. The minimum absolute atomic E-state index is 0.0323. The summed E-state index contributed by atoms with van der Waals surface area (Å²) in [5, 5.41) is 15.1. The van der Waals surface area contributed by atoms with E-state index in [9.17, 15) is 22.9 Å². The van der Waals surface area contributed by atoms with Crippen LogP contribution < -0.4 is 5.14 Å². The van der Waals surface area contributed by atoms with Gasteiger partial charge in [-0.3, -0.25) is 10.1 Å². The van der Waals surface area contributed by atoms with Gasteiger partial charge in [-0.15, -0.1) is 0 Å². The molecule has 2 N–H and O–H groups in total. The number of hydrogen-bond donors (Lipinski definition) is 1. The first kappa shape index (κ1) is 11.5. The van der Waals surface area contributed by atoms with Gasteiger partial charge in [0.2, 0.25) is 10.0 Å². The summed E-state index contributed by atoms with van der Waals surface area (Å²) in [5.41, 5.74) is -0.453. The molecule has 15 heavy (non-hydrogen) atoms. The molecule has 0 aromatic heterocycles. The van der Waals surface area contributed by atoms with Crippen molar-refractivity contribution in [2.75, 3.05) is 0 Å². The van der Waals surface area contributed by atoms with Crippen LogP contribution >= 0.6 is 0 Å². The van der Waals surface area contributed by atoms with Gasteiger partial charge in [0, 0.05) is 11.6 Å². The largest absolute Gasteiger partial charge is 0.273 e. The van der Waals surface area contributed by atoms with Crippen molar-refractivity contribution in [3.63, 3.8) is 0 Å². The third-order valence-corrected chi connectivity index (χ3v) is 2.68. The molecule has 0 aliphatic rings. The maximum atomic E-state index is 13.1. The Bertz CT molecular complexity index is 526. The average Bonchev–Trinajstić information content (AvgIpc) is 2.00. The maximum Gasteiger partial charge on any atom is 0.273 e. The molecule has 82 valence electrons. The van der Waals surface area contributed by atoms with E-state index in [2.05, 4.69) is 5.14 Å². The predicted molar refractivity (Wildman–Crippen MR) is 49.2 cm³/mol. The summed E-state index contributed by atoms with van der Waals surface area (Å²) in [6.07, 6.45) is 0. The Balaban J connectivity index is 3.58. The normalized spacial score (nSPS) is 11.4. The van der Waals surface area contributed by atoms with Crippen LogP contribution in [0, 0.1) is 22.9 Å². The molecule has 8 heteroatoms. The molecule has 0 bridgehead atoms. The van der Waals surface area contributed by atoms with E-state index in [4.69, 9.17) is 0 Å². The van der Waals surface area contributed by atoms with E-state index in [1.54, 1.807) is 0 Å². The van der Waals surface area contributed by atoms with Crippen LogP contribution in [0.15, 0.2) is 17.0 Å². The Hall–Kier alpha value is -1.54. The first-order valence-electron chi connectivity index (χ1n) is 3.71. The van der Waals surface area contributed by atoms with Crippen molar-refractivity contribution in [3.8, 4) is 0 Å². The number of nitro benzene ring substituents is 1. The SMILES string of the molecule is Cc1cc(F)c(S(N)(=O)=O)cc1[N+](=O)[O-]. The minimum Gasteiger partial charge on any atom is -0.258 e. The van der Waals surface area contributed by atoms with E-state index < -0.39 is 31.3 Å². The van der Waals surface area contributed by atoms with Crippen molar-refractivity contribution in [3.05, 3.63) is 33.6 Å². The Morgan fingerprint density at radius 1 is 1.47 bits per heavy atom. The van der Waals surface area contributed by atoms with Gasteiger partial charge in [-0.2, -0.15) is 0 Å². The number of nitro groups is 1. The Labute approximate surface area is 84.7 Å².